The summed E-state index contributed by atoms with van der Waals surface area (Å²) >= 11 is 0. The largest absolute Gasteiger partial charge is 0.467 e. The molecular formula is C23H39N3O3. The zero-order valence-electron chi connectivity index (χ0n) is 18.4. The lowest BCUT2D eigenvalue weighted by Gasteiger charge is -2.34. The quantitative estimate of drug-likeness (QED) is 0.467. The predicted molar refractivity (Wildman–Crippen MR) is 115 cm³/mol. The normalized spacial score (nSPS) is 14.9. The summed E-state index contributed by atoms with van der Waals surface area (Å²) in [6, 6.07) is 3.72. The van der Waals surface area contributed by atoms with E-state index in [2.05, 4.69) is 18.7 Å². The van der Waals surface area contributed by atoms with Gasteiger partial charge in [0.15, 0.2) is 0 Å². The maximum absolute atomic E-state index is 12.8. The van der Waals surface area contributed by atoms with Gasteiger partial charge in [-0.05, 0) is 25.1 Å². The minimum atomic E-state index is 0.125. The number of rotatable bonds is 13. The average Bonchev–Trinajstić information content (AvgIpc) is 3.26. The molecule has 2 heterocycles. The number of amides is 2. The van der Waals surface area contributed by atoms with Crippen LogP contribution in [0.1, 0.15) is 71.0 Å². The highest BCUT2D eigenvalue weighted by atomic mass is 16.3. The second kappa shape index (κ2) is 13.4. The fourth-order valence-corrected chi connectivity index (χ4v) is 3.80. The average molecular weight is 406 g/mol. The molecule has 1 aliphatic heterocycles. The van der Waals surface area contributed by atoms with E-state index in [0.717, 1.165) is 51.3 Å². The van der Waals surface area contributed by atoms with E-state index in [0.29, 0.717) is 25.9 Å². The molecule has 6 nitrogen and oxygen atoms in total. The summed E-state index contributed by atoms with van der Waals surface area (Å²) in [4.78, 5) is 31.5. The second-order valence-corrected chi connectivity index (χ2v) is 7.98. The number of nitrogens with zero attached hydrogens (tertiary/aromatic N) is 3. The number of furan rings is 1. The predicted octanol–water partition coefficient (Wildman–Crippen LogP) is 3.91. The van der Waals surface area contributed by atoms with Crippen LogP contribution in [0, 0.1) is 0 Å². The van der Waals surface area contributed by atoms with Crippen molar-refractivity contribution in [3.05, 3.63) is 24.2 Å². The second-order valence-electron chi connectivity index (χ2n) is 7.98. The molecule has 6 heteroatoms. The molecule has 1 fully saturated rings. The SMILES string of the molecule is CCCCCCCCC(=O)N(CCC(=O)N1CCN(CC)CC1)Cc1ccco1. The lowest BCUT2D eigenvalue weighted by molar-refractivity contribution is -0.136. The first-order chi connectivity index (χ1) is 14.1. The smallest absolute Gasteiger partial charge is 0.224 e. The standard InChI is InChI=1S/C23H39N3O3/c1-3-5-6-7-8-9-12-22(27)26(20-21-11-10-19-29-21)14-13-23(28)25-17-15-24(4-2)16-18-25/h10-11,19H,3-9,12-18,20H2,1-2H3. The summed E-state index contributed by atoms with van der Waals surface area (Å²) in [6.07, 6.45) is 9.53. The molecule has 0 saturated carbocycles. The van der Waals surface area contributed by atoms with Crippen LogP contribution in [-0.2, 0) is 16.1 Å². The van der Waals surface area contributed by atoms with Crippen LogP contribution in [0.4, 0.5) is 0 Å². The van der Waals surface area contributed by atoms with Gasteiger partial charge < -0.3 is 19.1 Å². The number of carbonyl (C=O) groups is 2. The lowest BCUT2D eigenvalue weighted by Crippen LogP contribution is -2.49. The van der Waals surface area contributed by atoms with Crippen molar-refractivity contribution in [2.45, 2.75) is 71.8 Å². The number of hydrogen-bond acceptors (Lipinski definition) is 4. The van der Waals surface area contributed by atoms with Gasteiger partial charge in [-0.15, -0.1) is 0 Å². The number of unbranched alkanes of at least 4 members (excludes halogenated alkanes) is 5. The van der Waals surface area contributed by atoms with Gasteiger partial charge in [-0.1, -0.05) is 46.0 Å². The molecule has 2 amide bonds. The van der Waals surface area contributed by atoms with Crippen molar-refractivity contribution in [1.82, 2.24) is 14.7 Å². The van der Waals surface area contributed by atoms with E-state index < -0.39 is 0 Å². The Balaban J connectivity index is 1.79. The van der Waals surface area contributed by atoms with Gasteiger partial charge in [0.25, 0.3) is 0 Å². The van der Waals surface area contributed by atoms with Crippen LogP contribution >= 0.6 is 0 Å². The monoisotopic (exact) mass is 405 g/mol. The fourth-order valence-electron chi connectivity index (χ4n) is 3.80. The van der Waals surface area contributed by atoms with Gasteiger partial charge in [-0.2, -0.15) is 0 Å². The topological polar surface area (TPSA) is 57.0 Å². The van der Waals surface area contributed by atoms with Crippen molar-refractivity contribution in [3.63, 3.8) is 0 Å². The molecule has 1 saturated heterocycles. The summed E-state index contributed by atoms with van der Waals surface area (Å²) in [6.45, 7) is 9.75. The van der Waals surface area contributed by atoms with Gasteiger partial charge in [0.1, 0.15) is 5.76 Å². The molecule has 0 aliphatic carbocycles. The molecule has 0 atom stereocenters. The highest BCUT2D eigenvalue weighted by Gasteiger charge is 2.22. The number of hydrogen-bond donors (Lipinski definition) is 0. The third-order valence-corrected chi connectivity index (χ3v) is 5.79. The number of carbonyl (C=O) groups excluding carboxylic acids is 2. The first-order valence-electron chi connectivity index (χ1n) is 11.4. The Morgan fingerprint density at radius 2 is 1.72 bits per heavy atom. The van der Waals surface area contributed by atoms with Crippen LogP contribution in [0.25, 0.3) is 0 Å². The summed E-state index contributed by atoms with van der Waals surface area (Å²) in [5, 5.41) is 0. The molecule has 29 heavy (non-hydrogen) atoms. The van der Waals surface area contributed by atoms with Gasteiger partial charge in [-0.25, -0.2) is 0 Å². The molecule has 1 aromatic heterocycles. The Labute approximate surface area is 176 Å². The van der Waals surface area contributed by atoms with Crippen molar-refractivity contribution in [2.75, 3.05) is 39.3 Å². The fraction of sp³-hybridized carbons (Fsp3) is 0.739. The van der Waals surface area contributed by atoms with Gasteiger partial charge in [0, 0.05) is 45.6 Å². The van der Waals surface area contributed by atoms with Crippen molar-refractivity contribution >= 4 is 11.8 Å². The summed E-state index contributed by atoms with van der Waals surface area (Å²) in [5.41, 5.74) is 0. The number of likely N-dealkylation sites (N-methyl/N-ethyl adjacent to an activating group) is 1. The molecule has 1 aliphatic rings. The van der Waals surface area contributed by atoms with Crippen LogP contribution in [0.2, 0.25) is 0 Å². The molecule has 0 N–H and O–H groups in total. The molecular weight excluding hydrogens is 366 g/mol. The first-order valence-corrected chi connectivity index (χ1v) is 11.4. The zero-order valence-corrected chi connectivity index (χ0v) is 18.4. The molecule has 164 valence electrons. The van der Waals surface area contributed by atoms with Crippen molar-refractivity contribution < 1.29 is 14.0 Å². The van der Waals surface area contributed by atoms with E-state index in [1.165, 1.54) is 25.7 Å². The Morgan fingerprint density at radius 1 is 1.00 bits per heavy atom. The van der Waals surface area contributed by atoms with Crippen molar-refractivity contribution in [2.24, 2.45) is 0 Å². The van der Waals surface area contributed by atoms with Gasteiger partial charge in [-0.3, -0.25) is 9.59 Å². The van der Waals surface area contributed by atoms with E-state index >= 15 is 0 Å². The molecule has 2 rings (SSSR count). The van der Waals surface area contributed by atoms with Crippen LogP contribution < -0.4 is 0 Å². The van der Waals surface area contributed by atoms with Gasteiger partial charge >= 0.3 is 0 Å². The molecule has 1 aromatic rings. The van der Waals surface area contributed by atoms with E-state index in [1.54, 1.807) is 11.2 Å². The van der Waals surface area contributed by atoms with E-state index in [4.69, 9.17) is 4.42 Å². The summed E-state index contributed by atoms with van der Waals surface area (Å²) in [5.74, 6) is 1.04. The van der Waals surface area contributed by atoms with Gasteiger partial charge in [0.2, 0.25) is 11.8 Å². The Hall–Kier alpha value is -1.82. The molecule has 0 aromatic carbocycles. The van der Waals surface area contributed by atoms with Crippen LogP contribution in [-0.4, -0.2) is 65.8 Å². The van der Waals surface area contributed by atoms with Crippen molar-refractivity contribution in [3.8, 4) is 0 Å². The van der Waals surface area contributed by atoms with E-state index in [9.17, 15) is 9.59 Å². The highest BCUT2D eigenvalue weighted by Crippen LogP contribution is 2.13. The molecule has 0 radical (unpaired) electrons. The van der Waals surface area contributed by atoms with Crippen LogP contribution in [0.5, 0.6) is 0 Å². The third kappa shape index (κ3) is 8.60. The maximum Gasteiger partial charge on any atom is 0.224 e. The minimum absolute atomic E-state index is 0.125. The molecule has 0 unspecified atom stereocenters. The molecule has 0 spiro atoms. The first kappa shape index (κ1) is 23.5. The van der Waals surface area contributed by atoms with E-state index in [-0.39, 0.29) is 11.8 Å². The third-order valence-electron chi connectivity index (χ3n) is 5.79. The van der Waals surface area contributed by atoms with Gasteiger partial charge in [0.05, 0.1) is 12.8 Å². The molecule has 0 bridgehead atoms. The summed E-state index contributed by atoms with van der Waals surface area (Å²) in [7, 11) is 0. The zero-order chi connectivity index (χ0) is 20.9. The maximum atomic E-state index is 12.8. The van der Waals surface area contributed by atoms with Crippen molar-refractivity contribution in [1.29, 1.82) is 0 Å². The minimum Gasteiger partial charge on any atom is -0.467 e. The Morgan fingerprint density at radius 3 is 2.38 bits per heavy atom. The highest BCUT2D eigenvalue weighted by molar-refractivity contribution is 5.79. The van der Waals surface area contributed by atoms with E-state index in [1.807, 2.05) is 17.0 Å². The lowest BCUT2D eigenvalue weighted by atomic mass is 10.1. The van der Waals surface area contributed by atoms with Crippen LogP contribution in [0.15, 0.2) is 22.8 Å². The Bertz CT molecular complexity index is 580. The summed E-state index contributed by atoms with van der Waals surface area (Å²) < 4.78 is 5.44. The number of piperazine rings is 1. The van der Waals surface area contributed by atoms with Crippen LogP contribution in [0.3, 0.4) is 0 Å². The Kier molecular flexibility index (Phi) is 10.8.